The number of aryl methyl sites for hydroxylation is 2. The minimum absolute atomic E-state index is 0.0281. The molecule has 0 aromatic carbocycles. The van der Waals surface area contributed by atoms with E-state index in [-0.39, 0.29) is 5.56 Å². The summed E-state index contributed by atoms with van der Waals surface area (Å²) in [5.41, 5.74) is 6.21. The Bertz CT molecular complexity index is 561. The van der Waals surface area contributed by atoms with Gasteiger partial charge in [-0.1, -0.05) is 11.8 Å². The van der Waals surface area contributed by atoms with Gasteiger partial charge in [-0.05, 0) is 6.07 Å². The van der Waals surface area contributed by atoms with Crippen molar-refractivity contribution in [1.82, 2.24) is 14.1 Å². The van der Waals surface area contributed by atoms with Gasteiger partial charge in [0, 0.05) is 49.7 Å². The first-order valence-electron chi connectivity index (χ1n) is 5.23. The van der Waals surface area contributed by atoms with Gasteiger partial charge in [-0.15, -0.1) is 0 Å². The Morgan fingerprint density at radius 1 is 1.47 bits per heavy atom. The monoisotopic (exact) mass is 250 g/mol. The molecule has 0 radical (unpaired) electrons. The van der Waals surface area contributed by atoms with E-state index < -0.39 is 0 Å². The van der Waals surface area contributed by atoms with Gasteiger partial charge in [-0.3, -0.25) is 4.79 Å². The molecular weight excluding hydrogens is 236 g/mol. The third-order valence-corrected chi connectivity index (χ3v) is 3.38. The summed E-state index contributed by atoms with van der Waals surface area (Å²) in [5, 5.41) is 0.946. The Balaban J connectivity index is 1.97. The van der Waals surface area contributed by atoms with Crippen LogP contribution in [-0.4, -0.2) is 19.9 Å². The average molecular weight is 250 g/mol. The third-order valence-electron chi connectivity index (χ3n) is 2.35. The predicted octanol–water partition coefficient (Wildman–Crippen LogP) is 0.956. The third kappa shape index (κ3) is 2.91. The molecule has 0 atom stereocenters. The smallest absolute Gasteiger partial charge is 0.250 e. The summed E-state index contributed by atoms with van der Waals surface area (Å²) < 4.78 is 3.57. The second kappa shape index (κ2) is 5.09. The number of nitrogens with zero attached hydrogens (tertiary/aromatic N) is 3. The molecule has 0 fully saturated rings. The van der Waals surface area contributed by atoms with Crippen LogP contribution in [0.2, 0.25) is 0 Å². The largest absolute Gasteiger partial charge is 0.398 e. The van der Waals surface area contributed by atoms with Crippen LogP contribution in [0.5, 0.6) is 0 Å². The molecule has 2 heterocycles. The minimum Gasteiger partial charge on any atom is -0.398 e. The summed E-state index contributed by atoms with van der Waals surface area (Å²) in [6.07, 6.45) is 5.32. The maximum absolute atomic E-state index is 11.5. The van der Waals surface area contributed by atoms with Gasteiger partial charge in [-0.2, -0.15) is 0 Å². The molecule has 0 saturated heterocycles. The fourth-order valence-corrected chi connectivity index (χ4v) is 2.32. The summed E-state index contributed by atoms with van der Waals surface area (Å²) in [6.45, 7) is 0.626. The summed E-state index contributed by atoms with van der Waals surface area (Å²) >= 11 is 1.61. The van der Waals surface area contributed by atoms with E-state index >= 15 is 0 Å². The highest BCUT2D eigenvalue weighted by molar-refractivity contribution is 7.99. The van der Waals surface area contributed by atoms with Crippen LogP contribution in [0.3, 0.4) is 0 Å². The van der Waals surface area contributed by atoms with Crippen LogP contribution < -0.4 is 11.3 Å². The summed E-state index contributed by atoms with van der Waals surface area (Å²) in [7, 11) is 1.95. The number of imidazole rings is 1. The fourth-order valence-electron chi connectivity index (χ4n) is 1.45. The molecule has 0 aliphatic heterocycles. The summed E-state index contributed by atoms with van der Waals surface area (Å²) in [4.78, 5) is 15.7. The number of hydrogen-bond acceptors (Lipinski definition) is 4. The molecule has 90 valence electrons. The first-order chi connectivity index (χ1) is 8.16. The fraction of sp³-hybridized carbons (Fsp3) is 0.273. The molecule has 0 unspecified atom stereocenters. The van der Waals surface area contributed by atoms with Gasteiger partial charge in [0.05, 0.1) is 0 Å². The Hall–Kier alpha value is -1.69. The van der Waals surface area contributed by atoms with Crippen molar-refractivity contribution in [1.29, 1.82) is 0 Å². The van der Waals surface area contributed by atoms with E-state index in [1.165, 1.54) is 6.07 Å². The highest BCUT2D eigenvalue weighted by atomic mass is 32.2. The van der Waals surface area contributed by atoms with Crippen molar-refractivity contribution in [2.75, 3.05) is 11.5 Å². The average Bonchev–Trinajstić information content (AvgIpc) is 2.70. The van der Waals surface area contributed by atoms with E-state index in [0.29, 0.717) is 12.2 Å². The lowest BCUT2D eigenvalue weighted by Crippen LogP contribution is -2.20. The van der Waals surface area contributed by atoms with Gasteiger partial charge in [-0.25, -0.2) is 4.98 Å². The lowest BCUT2D eigenvalue weighted by Gasteiger charge is -2.06. The number of hydrogen-bond donors (Lipinski definition) is 1. The van der Waals surface area contributed by atoms with Gasteiger partial charge < -0.3 is 14.9 Å². The zero-order valence-corrected chi connectivity index (χ0v) is 10.4. The predicted molar refractivity (Wildman–Crippen MR) is 69.0 cm³/mol. The molecule has 2 aromatic rings. The van der Waals surface area contributed by atoms with Crippen LogP contribution >= 0.6 is 11.8 Å². The number of rotatable bonds is 4. The number of anilines is 1. The van der Waals surface area contributed by atoms with Crippen LogP contribution in [0.15, 0.2) is 40.7 Å². The lowest BCUT2D eigenvalue weighted by atomic mass is 10.4. The molecule has 2 aromatic heterocycles. The number of nitrogens with two attached hydrogens (primary N) is 1. The SMILES string of the molecule is Cn1ccnc1SCCn1cc(N)ccc1=O. The number of aromatic nitrogens is 3. The maximum atomic E-state index is 11.5. The Morgan fingerprint density at radius 3 is 3.00 bits per heavy atom. The standard InChI is InChI=1S/C11H14N4OS/c1-14-5-4-13-11(14)17-7-6-15-8-9(12)2-3-10(15)16/h2-5,8H,6-7,12H2,1H3. The summed E-state index contributed by atoms with van der Waals surface area (Å²) in [6, 6.07) is 3.10. The number of nitrogen functional groups attached to an aromatic ring is 1. The molecule has 0 aliphatic carbocycles. The van der Waals surface area contributed by atoms with Gasteiger partial charge in [0.25, 0.3) is 5.56 Å². The van der Waals surface area contributed by atoms with Crippen LogP contribution in [0.4, 0.5) is 5.69 Å². The minimum atomic E-state index is -0.0281. The zero-order chi connectivity index (χ0) is 12.3. The van der Waals surface area contributed by atoms with Crippen LogP contribution in [0.25, 0.3) is 0 Å². The molecule has 2 N–H and O–H groups in total. The lowest BCUT2D eigenvalue weighted by molar-refractivity contribution is 0.731. The molecular formula is C11H14N4OS. The number of thioether (sulfide) groups is 1. The Morgan fingerprint density at radius 2 is 2.29 bits per heavy atom. The van der Waals surface area contributed by atoms with Crippen molar-refractivity contribution in [3.63, 3.8) is 0 Å². The van der Waals surface area contributed by atoms with E-state index in [2.05, 4.69) is 4.98 Å². The molecule has 0 aliphatic rings. The van der Waals surface area contributed by atoms with Gasteiger partial charge in [0.15, 0.2) is 5.16 Å². The van der Waals surface area contributed by atoms with E-state index in [1.54, 1.807) is 34.8 Å². The highest BCUT2D eigenvalue weighted by Gasteiger charge is 2.01. The van der Waals surface area contributed by atoms with Gasteiger partial charge >= 0.3 is 0 Å². The van der Waals surface area contributed by atoms with E-state index in [1.807, 2.05) is 17.8 Å². The quantitative estimate of drug-likeness (QED) is 0.821. The van der Waals surface area contributed by atoms with Crippen LogP contribution in [0, 0.1) is 0 Å². The van der Waals surface area contributed by atoms with Crippen molar-refractivity contribution >= 4 is 17.4 Å². The van der Waals surface area contributed by atoms with Crippen molar-refractivity contribution in [2.45, 2.75) is 11.7 Å². The normalized spacial score (nSPS) is 10.6. The molecule has 0 amide bonds. The molecule has 17 heavy (non-hydrogen) atoms. The first-order valence-corrected chi connectivity index (χ1v) is 6.21. The topological polar surface area (TPSA) is 65.8 Å². The molecule has 5 nitrogen and oxygen atoms in total. The van der Waals surface area contributed by atoms with Gasteiger partial charge in [0.2, 0.25) is 0 Å². The van der Waals surface area contributed by atoms with E-state index in [9.17, 15) is 4.79 Å². The van der Waals surface area contributed by atoms with Crippen molar-refractivity contribution in [3.05, 3.63) is 41.1 Å². The molecule has 2 rings (SSSR count). The maximum Gasteiger partial charge on any atom is 0.250 e. The van der Waals surface area contributed by atoms with E-state index in [0.717, 1.165) is 10.9 Å². The summed E-state index contributed by atoms with van der Waals surface area (Å²) in [5.74, 6) is 0.786. The van der Waals surface area contributed by atoms with Crippen LogP contribution in [-0.2, 0) is 13.6 Å². The number of pyridine rings is 1. The Labute approximate surface area is 103 Å². The van der Waals surface area contributed by atoms with E-state index in [4.69, 9.17) is 5.73 Å². The van der Waals surface area contributed by atoms with Crippen molar-refractivity contribution < 1.29 is 0 Å². The second-order valence-electron chi connectivity index (χ2n) is 3.66. The van der Waals surface area contributed by atoms with Crippen molar-refractivity contribution in [2.24, 2.45) is 7.05 Å². The van der Waals surface area contributed by atoms with Crippen molar-refractivity contribution in [3.8, 4) is 0 Å². The van der Waals surface area contributed by atoms with Crippen LogP contribution in [0.1, 0.15) is 0 Å². The molecule has 0 bridgehead atoms. The first kappa shape index (κ1) is 11.8. The highest BCUT2D eigenvalue weighted by Crippen LogP contribution is 2.14. The second-order valence-corrected chi connectivity index (χ2v) is 4.73. The molecule has 6 heteroatoms. The molecule has 0 saturated carbocycles. The van der Waals surface area contributed by atoms with Gasteiger partial charge in [0.1, 0.15) is 0 Å². The zero-order valence-electron chi connectivity index (χ0n) is 9.54. The molecule has 0 spiro atoms. The Kier molecular flexibility index (Phi) is 3.53.